The van der Waals surface area contributed by atoms with E-state index in [9.17, 15) is 9.59 Å². The lowest BCUT2D eigenvalue weighted by Crippen LogP contribution is -2.42. The lowest BCUT2D eigenvalue weighted by molar-refractivity contribution is -0.159. The largest absolute Gasteiger partial charge is 0.466 e. The maximum atomic E-state index is 12.9. The van der Waals surface area contributed by atoms with Crippen LogP contribution in [0.1, 0.15) is 21.5 Å². The van der Waals surface area contributed by atoms with Crippen LogP contribution in [-0.2, 0) is 19.9 Å². The van der Waals surface area contributed by atoms with Gasteiger partial charge in [0.1, 0.15) is 0 Å². The molecule has 5 heteroatoms. The molecule has 4 nitrogen and oxygen atoms in total. The summed E-state index contributed by atoms with van der Waals surface area (Å²) in [7, 11) is 1.26. The fraction of sp³-hybridized carbons (Fsp3) is 0.0909. The van der Waals surface area contributed by atoms with Crippen molar-refractivity contribution < 1.29 is 19.1 Å². The molecule has 27 heavy (non-hydrogen) atoms. The van der Waals surface area contributed by atoms with Gasteiger partial charge in [-0.15, -0.1) is 0 Å². The van der Waals surface area contributed by atoms with Gasteiger partial charge in [-0.3, -0.25) is 0 Å². The SMILES string of the molecule is COC(=O)C(OC(=O)c1ccc(Cl)cc1)(c1ccccc1)c1ccccc1. The molecule has 0 heterocycles. The molecule has 0 aliphatic rings. The van der Waals surface area contributed by atoms with E-state index < -0.39 is 17.5 Å². The van der Waals surface area contributed by atoms with E-state index in [2.05, 4.69) is 0 Å². The number of rotatable bonds is 5. The molecule has 0 saturated carbocycles. The smallest absolute Gasteiger partial charge is 0.359 e. The standard InChI is InChI=1S/C22H17ClO4/c1-26-21(25)22(17-8-4-2-5-9-17,18-10-6-3-7-11-18)27-20(24)16-12-14-19(23)15-13-16/h2-15H,1H3. The summed E-state index contributed by atoms with van der Waals surface area (Å²) >= 11 is 5.89. The summed E-state index contributed by atoms with van der Waals surface area (Å²) in [6.07, 6.45) is 0. The van der Waals surface area contributed by atoms with Crippen molar-refractivity contribution in [1.29, 1.82) is 0 Å². The Kier molecular flexibility index (Phi) is 5.57. The molecule has 0 aromatic heterocycles. The van der Waals surface area contributed by atoms with Gasteiger partial charge in [-0.2, -0.15) is 0 Å². The van der Waals surface area contributed by atoms with Crippen molar-refractivity contribution in [2.75, 3.05) is 7.11 Å². The highest BCUT2D eigenvalue weighted by Gasteiger charge is 2.47. The van der Waals surface area contributed by atoms with Crippen LogP contribution in [0.3, 0.4) is 0 Å². The van der Waals surface area contributed by atoms with Crippen LogP contribution in [0.2, 0.25) is 5.02 Å². The number of hydrogen-bond donors (Lipinski definition) is 0. The first-order valence-electron chi connectivity index (χ1n) is 8.26. The Morgan fingerprint density at radius 2 is 1.26 bits per heavy atom. The molecule has 0 saturated heterocycles. The Morgan fingerprint density at radius 1 is 0.778 bits per heavy atom. The van der Waals surface area contributed by atoms with Gasteiger partial charge in [-0.1, -0.05) is 72.3 Å². The predicted octanol–water partition coefficient (Wildman–Crippen LogP) is 4.61. The third kappa shape index (κ3) is 3.71. The third-order valence-electron chi connectivity index (χ3n) is 4.16. The van der Waals surface area contributed by atoms with Crippen LogP contribution in [-0.4, -0.2) is 19.0 Å². The average molecular weight is 381 g/mol. The van der Waals surface area contributed by atoms with Gasteiger partial charge < -0.3 is 9.47 Å². The zero-order chi connectivity index (χ0) is 19.3. The number of hydrogen-bond acceptors (Lipinski definition) is 4. The van der Waals surface area contributed by atoms with Crippen molar-refractivity contribution in [2.24, 2.45) is 0 Å². The Morgan fingerprint density at radius 3 is 1.70 bits per heavy atom. The van der Waals surface area contributed by atoms with Gasteiger partial charge in [-0.05, 0) is 24.3 Å². The van der Waals surface area contributed by atoms with Crippen LogP contribution < -0.4 is 0 Å². The summed E-state index contributed by atoms with van der Waals surface area (Å²) in [6, 6.07) is 23.9. The molecule has 0 amide bonds. The second kappa shape index (κ2) is 8.06. The van der Waals surface area contributed by atoms with Crippen LogP contribution in [0.15, 0.2) is 84.9 Å². The second-order valence-corrected chi connectivity index (χ2v) is 6.24. The zero-order valence-electron chi connectivity index (χ0n) is 14.6. The number of carbonyl (C=O) groups excluding carboxylic acids is 2. The lowest BCUT2D eigenvalue weighted by Gasteiger charge is -2.31. The molecule has 0 unspecified atom stereocenters. The fourth-order valence-corrected chi connectivity index (χ4v) is 2.96. The van der Waals surface area contributed by atoms with Crippen molar-refractivity contribution in [3.05, 3.63) is 107 Å². The molecule has 3 aromatic carbocycles. The fourth-order valence-electron chi connectivity index (χ4n) is 2.84. The normalized spacial score (nSPS) is 10.9. The van der Waals surface area contributed by atoms with Gasteiger partial charge in [-0.25, -0.2) is 9.59 Å². The van der Waals surface area contributed by atoms with E-state index >= 15 is 0 Å². The van der Waals surface area contributed by atoms with E-state index in [1.54, 1.807) is 72.8 Å². The Hall–Kier alpha value is -3.11. The van der Waals surface area contributed by atoms with Gasteiger partial charge in [0.05, 0.1) is 12.7 Å². The van der Waals surface area contributed by atoms with Gasteiger partial charge >= 0.3 is 11.9 Å². The summed E-state index contributed by atoms with van der Waals surface area (Å²) in [5.41, 5.74) is -0.469. The van der Waals surface area contributed by atoms with Crippen LogP contribution in [0.4, 0.5) is 0 Å². The number of esters is 2. The Balaban J connectivity index is 2.15. The molecule has 0 N–H and O–H groups in total. The third-order valence-corrected chi connectivity index (χ3v) is 4.41. The monoisotopic (exact) mass is 380 g/mol. The lowest BCUT2D eigenvalue weighted by atomic mass is 9.86. The Labute approximate surface area is 162 Å². The molecule has 0 radical (unpaired) electrons. The number of methoxy groups -OCH3 is 1. The topological polar surface area (TPSA) is 52.6 Å². The summed E-state index contributed by atoms with van der Waals surface area (Å²) in [5, 5.41) is 0.497. The van der Waals surface area contributed by atoms with Crippen molar-refractivity contribution in [3.8, 4) is 0 Å². The van der Waals surface area contributed by atoms with Gasteiger partial charge in [0, 0.05) is 16.1 Å². The van der Waals surface area contributed by atoms with Crippen LogP contribution >= 0.6 is 11.6 Å². The van der Waals surface area contributed by atoms with Crippen molar-refractivity contribution in [1.82, 2.24) is 0 Å². The quantitative estimate of drug-likeness (QED) is 0.606. The van der Waals surface area contributed by atoms with Gasteiger partial charge in [0.2, 0.25) is 0 Å². The molecule has 136 valence electrons. The molecule has 0 fully saturated rings. The van der Waals surface area contributed by atoms with Crippen LogP contribution in [0, 0.1) is 0 Å². The summed E-state index contributed by atoms with van der Waals surface area (Å²) < 4.78 is 10.9. The predicted molar refractivity (Wildman–Crippen MR) is 103 cm³/mol. The summed E-state index contributed by atoms with van der Waals surface area (Å²) in [6.45, 7) is 0. The molecule has 0 spiro atoms. The van der Waals surface area contributed by atoms with E-state index in [1.807, 2.05) is 12.1 Å². The molecule has 3 aromatic rings. The number of ether oxygens (including phenoxy) is 2. The van der Waals surface area contributed by atoms with Crippen molar-refractivity contribution in [3.63, 3.8) is 0 Å². The highest BCUT2D eigenvalue weighted by molar-refractivity contribution is 6.30. The second-order valence-electron chi connectivity index (χ2n) is 5.80. The molecule has 0 atom stereocenters. The molecule has 0 aliphatic carbocycles. The van der Waals surface area contributed by atoms with E-state index in [0.29, 0.717) is 16.1 Å². The molecular formula is C22H17ClO4. The van der Waals surface area contributed by atoms with Crippen LogP contribution in [0.5, 0.6) is 0 Å². The van der Waals surface area contributed by atoms with Crippen LogP contribution in [0.25, 0.3) is 0 Å². The first-order valence-corrected chi connectivity index (χ1v) is 8.64. The minimum atomic E-state index is -1.73. The molecule has 3 rings (SSSR count). The minimum absolute atomic E-state index is 0.277. The number of halogens is 1. The zero-order valence-corrected chi connectivity index (χ0v) is 15.3. The summed E-state index contributed by atoms with van der Waals surface area (Å²) in [5.74, 6) is -1.35. The first kappa shape index (κ1) is 18.7. The number of benzene rings is 3. The highest BCUT2D eigenvalue weighted by atomic mass is 35.5. The van der Waals surface area contributed by atoms with E-state index in [1.165, 1.54) is 7.11 Å². The highest BCUT2D eigenvalue weighted by Crippen LogP contribution is 2.36. The van der Waals surface area contributed by atoms with Gasteiger partial charge in [0.25, 0.3) is 5.60 Å². The molecular weight excluding hydrogens is 364 g/mol. The Bertz CT molecular complexity index is 882. The average Bonchev–Trinajstić information content (AvgIpc) is 2.73. The van der Waals surface area contributed by atoms with Crippen molar-refractivity contribution in [2.45, 2.75) is 5.60 Å². The van der Waals surface area contributed by atoms with E-state index in [0.717, 1.165) is 0 Å². The van der Waals surface area contributed by atoms with E-state index in [4.69, 9.17) is 21.1 Å². The first-order chi connectivity index (χ1) is 13.1. The van der Waals surface area contributed by atoms with E-state index in [-0.39, 0.29) is 5.56 Å². The summed E-state index contributed by atoms with van der Waals surface area (Å²) in [4.78, 5) is 25.8. The number of carbonyl (C=O) groups is 2. The minimum Gasteiger partial charge on any atom is -0.466 e. The maximum absolute atomic E-state index is 12.9. The molecule has 0 bridgehead atoms. The van der Waals surface area contributed by atoms with Crippen molar-refractivity contribution >= 4 is 23.5 Å². The molecule has 0 aliphatic heterocycles. The van der Waals surface area contributed by atoms with Gasteiger partial charge in [0.15, 0.2) is 0 Å². The maximum Gasteiger partial charge on any atom is 0.359 e.